The van der Waals surface area contributed by atoms with Crippen molar-refractivity contribution in [1.82, 2.24) is 0 Å². The molecule has 0 fully saturated rings. The summed E-state index contributed by atoms with van der Waals surface area (Å²) >= 11 is 0. The summed E-state index contributed by atoms with van der Waals surface area (Å²) < 4.78 is 4.51. The topological polar surface area (TPSA) is 49.4 Å². The Morgan fingerprint density at radius 1 is 1.27 bits per heavy atom. The quantitative estimate of drug-likeness (QED) is 0.389. The minimum absolute atomic E-state index is 0.143. The third kappa shape index (κ3) is 4.02. The minimum Gasteiger partial charge on any atom is -0.875 e. The second-order valence-corrected chi connectivity index (χ2v) is 3.38. The van der Waals surface area contributed by atoms with Crippen molar-refractivity contribution >= 4 is 5.97 Å². The summed E-state index contributed by atoms with van der Waals surface area (Å²) in [6, 6.07) is 0. The number of ether oxygens (including phenoxy) is 1. The molecule has 1 aliphatic rings. The van der Waals surface area contributed by atoms with Crippen LogP contribution in [-0.4, -0.2) is 13.1 Å². The SMILES string of the molecule is COC(=O)CCCCC([O-])=C1C=CC=C1. The average molecular weight is 207 g/mol. The van der Waals surface area contributed by atoms with Gasteiger partial charge in [0.1, 0.15) is 0 Å². The summed E-state index contributed by atoms with van der Waals surface area (Å²) in [5.41, 5.74) is 0.757. The predicted octanol–water partition coefficient (Wildman–Crippen LogP) is 1.46. The fourth-order valence-electron chi connectivity index (χ4n) is 1.36. The first kappa shape index (κ1) is 11.6. The summed E-state index contributed by atoms with van der Waals surface area (Å²) in [7, 11) is 1.37. The molecule has 0 amide bonds. The number of carbonyl (C=O) groups is 1. The molecule has 0 aliphatic heterocycles. The van der Waals surface area contributed by atoms with E-state index in [1.807, 2.05) is 24.3 Å². The maximum absolute atomic E-state index is 11.5. The maximum Gasteiger partial charge on any atom is 0.305 e. The van der Waals surface area contributed by atoms with Crippen molar-refractivity contribution in [2.45, 2.75) is 25.7 Å². The van der Waals surface area contributed by atoms with Crippen LogP contribution in [-0.2, 0) is 9.53 Å². The van der Waals surface area contributed by atoms with Crippen LogP contribution in [0.1, 0.15) is 25.7 Å². The Morgan fingerprint density at radius 3 is 2.47 bits per heavy atom. The molecule has 3 nitrogen and oxygen atoms in total. The van der Waals surface area contributed by atoms with Crippen LogP contribution in [0.2, 0.25) is 0 Å². The molecule has 0 bridgehead atoms. The van der Waals surface area contributed by atoms with Gasteiger partial charge in [-0.2, -0.15) is 0 Å². The Labute approximate surface area is 89.7 Å². The molecule has 0 radical (unpaired) electrons. The van der Waals surface area contributed by atoms with Crippen LogP contribution < -0.4 is 5.11 Å². The van der Waals surface area contributed by atoms with Crippen molar-refractivity contribution in [3.8, 4) is 0 Å². The van der Waals surface area contributed by atoms with Crippen molar-refractivity contribution in [1.29, 1.82) is 0 Å². The molecule has 0 aromatic carbocycles. The summed E-state index contributed by atoms with van der Waals surface area (Å²) in [6.07, 6.45) is 9.65. The summed E-state index contributed by atoms with van der Waals surface area (Å²) in [4.78, 5) is 10.8. The lowest BCUT2D eigenvalue weighted by molar-refractivity contribution is -0.307. The molecule has 1 aliphatic carbocycles. The van der Waals surface area contributed by atoms with E-state index in [1.165, 1.54) is 7.11 Å². The number of carbonyl (C=O) groups excluding carboxylic acids is 1. The maximum atomic E-state index is 11.5. The highest BCUT2D eigenvalue weighted by Gasteiger charge is 1.99. The smallest absolute Gasteiger partial charge is 0.305 e. The third-order valence-electron chi connectivity index (χ3n) is 2.25. The van der Waals surface area contributed by atoms with E-state index in [0.29, 0.717) is 19.3 Å². The molecule has 0 N–H and O–H groups in total. The van der Waals surface area contributed by atoms with Gasteiger partial charge in [0.15, 0.2) is 0 Å². The lowest BCUT2D eigenvalue weighted by Crippen LogP contribution is -2.06. The van der Waals surface area contributed by atoms with Crippen molar-refractivity contribution < 1.29 is 14.6 Å². The number of hydrogen-bond donors (Lipinski definition) is 0. The summed E-state index contributed by atoms with van der Waals surface area (Å²) in [6.45, 7) is 0. The molecule has 0 heterocycles. The Hall–Kier alpha value is -1.51. The normalized spacial score (nSPS) is 13.3. The lowest BCUT2D eigenvalue weighted by Gasteiger charge is -2.13. The molecular formula is C12H15O3-. The van der Waals surface area contributed by atoms with Crippen LogP contribution in [0.5, 0.6) is 0 Å². The highest BCUT2D eigenvalue weighted by molar-refractivity contribution is 5.68. The second-order valence-electron chi connectivity index (χ2n) is 3.38. The van der Waals surface area contributed by atoms with Gasteiger partial charge >= 0.3 is 5.97 Å². The van der Waals surface area contributed by atoms with Crippen LogP contribution in [0, 0.1) is 0 Å². The van der Waals surface area contributed by atoms with E-state index >= 15 is 0 Å². The first-order valence-corrected chi connectivity index (χ1v) is 5.06. The zero-order valence-corrected chi connectivity index (χ0v) is 8.86. The monoisotopic (exact) mass is 207 g/mol. The van der Waals surface area contributed by atoms with Gasteiger partial charge in [0.2, 0.25) is 0 Å². The standard InChI is InChI=1S/C12H16O3/c1-15-12(14)9-5-4-8-11(13)10-6-2-3-7-10/h2-3,6-7,13H,4-5,8-9H2,1H3/p-1. The van der Waals surface area contributed by atoms with Crippen molar-refractivity contribution in [3.63, 3.8) is 0 Å². The third-order valence-corrected chi connectivity index (χ3v) is 2.25. The second kappa shape index (κ2) is 6.06. The largest absolute Gasteiger partial charge is 0.875 e. The number of hydrogen-bond acceptors (Lipinski definition) is 3. The molecule has 0 saturated heterocycles. The Morgan fingerprint density at radius 2 is 1.87 bits per heavy atom. The van der Waals surface area contributed by atoms with Crippen molar-refractivity contribution in [2.24, 2.45) is 0 Å². The highest BCUT2D eigenvalue weighted by atomic mass is 16.5. The van der Waals surface area contributed by atoms with Crippen LogP contribution in [0.15, 0.2) is 35.6 Å². The van der Waals surface area contributed by atoms with E-state index in [1.54, 1.807) is 0 Å². The van der Waals surface area contributed by atoms with Crippen LogP contribution >= 0.6 is 0 Å². The summed E-state index contributed by atoms with van der Waals surface area (Å²) in [5, 5.41) is 11.5. The van der Waals surface area contributed by atoms with Gasteiger partial charge in [0.25, 0.3) is 0 Å². The van der Waals surface area contributed by atoms with Crippen LogP contribution in [0.3, 0.4) is 0 Å². The predicted molar refractivity (Wildman–Crippen MR) is 55.8 cm³/mol. The first-order valence-electron chi connectivity index (χ1n) is 5.06. The van der Waals surface area contributed by atoms with Crippen molar-refractivity contribution in [3.05, 3.63) is 35.6 Å². The van der Waals surface area contributed by atoms with Crippen LogP contribution in [0.25, 0.3) is 0 Å². The Balaban J connectivity index is 2.20. The van der Waals surface area contributed by atoms with Crippen molar-refractivity contribution in [2.75, 3.05) is 7.11 Å². The fourth-order valence-corrected chi connectivity index (χ4v) is 1.36. The van der Waals surface area contributed by atoms with Gasteiger partial charge in [-0.15, -0.1) is 5.76 Å². The minimum atomic E-state index is -0.212. The van der Waals surface area contributed by atoms with E-state index in [-0.39, 0.29) is 11.7 Å². The van der Waals surface area contributed by atoms with Gasteiger partial charge < -0.3 is 9.84 Å². The van der Waals surface area contributed by atoms with E-state index in [9.17, 15) is 9.90 Å². The van der Waals surface area contributed by atoms with Gasteiger partial charge in [-0.25, -0.2) is 0 Å². The van der Waals surface area contributed by atoms with E-state index in [2.05, 4.69) is 4.74 Å². The van der Waals surface area contributed by atoms with Gasteiger partial charge in [0, 0.05) is 6.42 Å². The number of rotatable bonds is 5. The number of unbranched alkanes of at least 4 members (excludes halogenated alkanes) is 1. The molecule has 1 rings (SSSR count). The van der Waals surface area contributed by atoms with Gasteiger partial charge in [-0.05, 0) is 24.8 Å². The first-order chi connectivity index (χ1) is 7.24. The van der Waals surface area contributed by atoms with Gasteiger partial charge in [-0.3, -0.25) is 4.79 Å². The van der Waals surface area contributed by atoms with Gasteiger partial charge in [0.05, 0.1) is 7.11 Å². The molecule has 0 atom stereocenters. The molecule has 0 aromatic heterocycles. The van der Waals surface area contributed by atoms with E-state index < -0.39 is 0 Å². The zero-order valence-electron chi connectivity index (χ0n) is 8.86. The molecule has 0 spiro atoms. The lowest BCUT2D eigenvalue weighted by atomic mass is 10.1. The fraction of sp³-hybridized carbons (Fsp3) is 0.417. The molecule has 0 unspecified atom stereocenters. The molecule has 15 heavy (non-hydrogen) atoms. The molecule has 82 valence electrons. The number of esters is 1. The average Bonchev–Trinajstić information content (AvgIpc) is 2.77. The zero-order chi connectivity index (χ0) is 11.1. The molecule has 3 heteroatoms. The van der Waals surface area contributed by atoms with Gasteiger partial charge in [-0.1, -0.05) is 24.3 Å². The van der Waals surface area contributed by atoms with Crippen LogP contribution in [0.4, 0.5) is 0 Å². The number of allylic oxidation sites excluding steroid dienone is 6. The molecular weight excluding hydrogens is 192 g/mol. The summed E-state index contributed by atoms with van der Waals surface area (Å²) in [5.74, 6) is -0.0689. The van der Waals surface area contributed by atoms with E-state index in [0.717, 1.165) is 12.0 Å². The Kier molecular flexibility index (Phi) is 4.68. The Bertz CT molecular complexity index is 297. The highest BCUT2D eigenvalue weighted by Crippen LogP contribution is 2.14. The molecule has 0 aromatic rings. The van der Waals surface area contributed by atoms with E-state index in [4.69, 9.17) is 0 Å². The molecule has 0 saturated carbocycles. The number of methoxy groups -OCH3 is 1.